The van der Waals surface area contributed by atoms with Crippen molar-refractivity contribution in [3.63, 3.8) is 0 Å². The third-order valence-electron chi connectivity index (χ3n) is 3.84. The van der Waals surface area contributed by atoms with Crippen LogP contribution in [0.3, 0.4) is 0 Å². The van der Waals surface area contributed by atoms with Crippen LogP contribution >= 0.6 is 0 Å². The Morgan fingerprint density at radius 1 is 1.13 bits per heavy atom. The summed E-state index contributed by atoms with van der Waals surface area (Å²) in [7, 11) is -3.98. The summed E-state index contributed by atoms with van der Waals surface area (Å²) in [5.74, 6) is -1.36. The first-order valence-corrected chi connectivity index (χ1v) is 8.64. The van der Waals surface area contributed by atoms with Gasteiger partial charge < -0.3 is 5.11 Å². The molecule has 6 heteroatoms. The Balaban J connectivity index is 2.22. The lowest BCUT2D eigenvalue weighted by atomic mass is 10.0. The molecule has 0 saturated carbocycles. The molecule has 0 aromatic heterocycles. The van der Waals surface area contributed by atoms with Gasteiger partial charge in [-0.05, 0) is 24.6 Å². The molecule has 1 aliphatic rings. The quantitative estimate of drug-likeness (QED) is 0.918. The molecule has 0 radical (unpaired) electrons. The van der Waals surface area contributed by atoms with E-state index in [0.717, 1.165) is 11.1 Å². The predicted octanol–water partition coefficient (Wildman–Crippen LogP) is 2.75. The minimum absolute atomic E-state index is 0.0329. The van der Waals surface area contributed by atoms with Crippen molar-refractivity contribution in [3.05, 3.63) is 59.7 Å². The van der Waals surface area contributed by atoms with Gasteiger partial charge in [-0.2, -0.15) is 0 Å². The first kappa shape index (κ1) is 15.4. The van der Waals surface area contributed by atoms with Crippen molar-refractivity contribution in [2.75, 3.05) is 0 Å². The van der Waals surface area contributed by atoms with Crippen LogP contribution in [0, 0.1) is 6.92 Å². The Labute approximate surface area is 134 Å². The molecule has 118 valence electrons. The normalized spacial score (nSPS) is 19.3. The number of benzene rings is 2. The SMILES string of the molecule is Cc1ccc(C2=Nc3ccccc3S(=O)(=O)C(C(=O)O)C2)cc1. The second kappa shape index (κ2) is 5.62. The lowest BCUT2D eigenvalue weighted by molar-refractivity contribution is -0.136. The minimum atomic E-state index is -3.98. The Kier molecular flexibility index (Phi) is 3.77. The molecular weight excluding hydrogens is 314 g/mol. The number of sulfone groups is 1. The number of carboxylic acids is 1. The van der Waals surface area contributed by atoms with Crippen LogP contribution in [-0.4, -0.2) is 30.5 Å². The number of aliphatic imine (C=N–C) groups is 1. The molecule has 1 heterocycles. The first-order chi connectivity index (χ1) is 10.9. The van der Waals surface area contributed by atoms with Crippen molar-refractivity contribution in [3.8, 4) is 0 Å². The Hall–Kier alpha value is -2.47. The molecule has 1 aliphatic heterocycles. The van der Waals surface area contributed by atoms with E-state index in [1.54, 1.807) is 18.2 Å². The van der Waals surface area contributed by atoms with Crippen LogP contribution in [0.5, 0.6) is 0 Å². The number of carbonyl (C=O) groups is 1. The van der Waals surface area contributed by atoms with Gasteiger partial charge in [-0.15, -0.1) is 0 Å². The number of fused-ring (bicyclic) bond motifs is 1. The van der Waals surface area contributed by atoms with Gasteiger partial charge in [-0.1, -0.05) is 42.0 Å². The molecule has 0 saturated heterocycles. The van der Waals surface area contributed by atoms with E-state index in [9.17, 15) is 18.3 Å². The lowest BCUT2D eigenvalue weighted by Gasteiger charge is -2.12. The maximum atomic E-state index is 12.6. The van der Waals surface area contributed by atoms with Crippen molar-refractivity contribution < 1.29 is 18.3 Å². The van der Waals surface area contributed by atoms with Crippen LogP contribution in [0.15, 0.2) is 58.4 Å². The zero-order chi connectivity index (χ0) is 16.6. The maximum absolute atomic E-state index is 12.6. The Morgan fingerprint density at radius 3 is 2.43 bits per heavy atom. The fourth-order valence-electron chi connectivity index (χ4n) is 2.57. The highest BCUT2D eigenvalue weighted by Gasteiger charge is 2.38. The van der Waals surface area contributed by atoms with Gasteiger partial charge in [0.15, 0.2) is 15.1 Å². The average Bonchev–Trinajstić information content (AvgIpc) is 2.63. The molecule has 0 spiro atoms. The van der Waals surface area contributed by atoms with E-state index in [1.165, 1.54) is 6.07 Å². The molecule has 23 heavy (non-hydrogen) atoms. The van der Waals surface area contributed by atoms with Crippen LogP contribution in [-0.2, 0) is 14.6 Å². The van der Waals surface area contributed by atoms with Crippen LogP contribution in [0.2, 0.25) is 0 Å². The van der Waals surface area contributed by atoms with E-state index in [-0.39, 0.29) is 17.0 Å². The minimum Gasteiger partial charge on any atom is -0.480 e. The topological polar surface area (TPSA) is 83.8 Å². The molecular formula is C17H15NO4S. The molecule has 0 amide bonds. The van der Waals surface area contributed by atoms with Crippen molar-refractivity contribution in [2.24, 2.45) is 4.99 Å². The summed E-state index contributed by atoms with van der Waals surface area (Å²) in [4.78, 5) is 15.9. The monoisotopic (exact) mass is 329 g/mol. The Morgan fingerprint density at radius 2 is 1.78 bits per heavy atom. The summed E-state index contributed by atoms with van der Waals surface area (Å²) in [5, 5.41) is 7.86. The van der Waals surface area contributed by atoms with E-state index in [0.29, 0.717) is 5.71 Å². The van der Waals surface area contributed by atoms with Crippen molar-refractivity contribution in [1.82, 2.24) is 0 Å². The molecule has 2 aromatic rings. The van der Waals surface area contributed by atoms with Crippen LogP contribution in [0.1, 0.15) is 17.5 Å². The molecule has 1 atom stereocenters. The third-order valence-corrected chi connectivity index (χ3v) is 5.92. The van der Waals surface area contributed by atoms with Gasteiger partial charge in [0.25, 0.3) is 0 Å². The van der Waals surface area contributed by atoms with Gasteiger partial charge in [0, 0.05) is 6.42 Å². The highest BCUT2D eigenvalue weighted by atomic mass is 32.2. The molecule has 0 fully saturated rings. The number of carboxylic acid groups (broad SMARTS) is 1. The molecule has 1 unspecified atom stereocenters. The Bertz CT molecular complexity index is 898. The van der Waals surface area contributed by atoms with Gasteiger partial charge in [-0.25, -0.2) is 8.42 Å². The average molecular weight is 329 g/mol. The maximum Gasteiger partial charge on any atom is 0.322 e. The molecule has 3 rings (SSSR count). The number of hydrogen-bond acceptors (Lipinski definition) is 4. The van der Waals surface area contributed by atoms with E-state index in [4.69, 9.17) is 0 Å². The van der Waals surface area contributed by atoms with E-state index in [2.05, 4.69) is 4.99 Å². The van der Waals surface area contributed by atoms with E-state index >= 15 is 0 Å². The summed E-state index contributed by atoms with van der Waals surface area (Å²) in [6.07, 6.45) is -0.157. The van der Waals surface area contributed by atoms with Gasteiger partial charge >= 0.3 is 5.97 Å². The van der Waals surface area contributed by atoms with Crippen LogP contribution in [0.4, 0.5) is 5.69 Å². The summed E-state index contributed by atoms with van der Waals surface area (Å²) in [6, 6.07) is 13.7. The number of aryl methyl sites for hydroxylation is 1. The van der Waals surface area contributed by atoms with E-state index in [1.807, 2.05) is 31.2 Å². The number of hydrogen-bond donors (Lipinski definition) is 1. The number of nitrogens with zero attached hydrogens (tertiary/aromatic N) is 1. The molecule has 1 N–H and O–H groups in total. The van der Waals surface area contributed by atoms with E-state index < -0.39 is 21.1 Å². The fourth-order valence-corrected chi connectivity index (χ4v) is 4.19. The third kappa shape index (κ3) is 2.77. The van der Waals surface area contributed by atoms with Gasteiger partial charge in [0.2, 0.25) is 0 Å². The largest absolute Gasteiger partial charge is 0.480 e. The molecule has 5 nitrogen and oxygen atoms in total. The second-order valence-electron chi connectivity index (χ2n) is 5.47. The first-order valence-electron chi connectivity index (χ1n) is 7.10. The summed E-state index contributed by atoms with van der Waals surface area (Å²) >= 11 is 0. The van der Waals surface area contributed by atoms with Crippen molar-refractivity contribution in [2.45, 2.75) is 23.5 Å². The molecule has 0 bridgehead atoms. The van der Waals surface area contributed by atoms with Crippen molar-refractivity contribution >= 4 is 27.2 Å². The lowest BCUT2D eigenvalue weighted by Crippen LogP contribution is -2.31. The second-order valence-corrected chi connectivity index (χ2v) is 7.57. The molecule has 0 aliphatic carbocycles. The number of rotatable bonds is 2. The highest BCUT2D eigenvalue weighted by Crippen LogP contribution is 2.33. The van der Waals surface area contributed by atoms with Crippen LogP contribution in [0.25, 0.3) is 0 Å². The number of aliphatic carboxylic acids is 1. The van der Waals surface area contributed by atoms with Crippen molar-refractivity contribution in [1.29, 1.82) is 0 Å². The van der Waals surface area contributed by atoms with Crippen LogP contribution < -0.4 is 0 Å². The summed E-state index contributed by atoms with van der Waals surface area (Å²) in [6.45, 7) is 1.94. The fraction of sp³-hybridized carbons (Fsp3) is 0.176. The highest BCUT2D eigenvalue weighted by molar-refractivity contribution is 7.93. The zero-order valence-corrected chi connectivity index (χ0v) is 13.2. The summed E-state index contributed by atoms with van der Waals surface area (Å²) < 4.78 is 25.3. The summed E-state index contributed by atoms with van der Waals surface area (Å²) in [5.41, 5.74) is 2.54. The smallest absolute Gasteiger partial charge is 0.322 e. The number of para-hydroxylation sites is 1. The standard InChI is InChI=1S/C17H15NO4S/c1-11-6-8-12(9-7-11)14-10-16(17(19)20)23(21,22)15-5-3-2-4-13(15)18-14/h2-9,16H,10H2,1H3,(H,19,20). The molecule has 2 aromatic carbocycles. The van der Waals surface area contributed by atoms with Gasteiger partial charge in [0.1, 0.15) is 0 Å². The zero-order valence-electron chi connectivity index (χ0n) is 12.4. The predicted molar refractivity (Wildman–Crippen MR) is 87.0 cm³/mol. The van der Waals surface area contributed by atoms with Gasteiger partial charge in [0.05, 0.1) is 16.3 Å². The van der Waals surface area contributed by atoms with Gasteiger partial charge in [-0.3, -0.25) is 9.79 Å².